The number of carbonyl (C=O) groups excluding carboxylic acids is 3. The molecule has 0 radical (unpaired) electrons. The molecule has 1 N–H and O–H groups in total. The molecule has 0 saturated carbocycles. The van der Waals surface area contributed by atoms with Crippen LogP contribution in [0.4, 0.5) is 0 Å². The first-order chi connectivity index (χ1) is 8.88. The number of Topliss-reactive ketones (excluding diaryl/α,β-unsaturated/α-hetero) is 1. The number of aryl methyl sites for hydroxylation is 1. The molecule has 0 aromatic carbocycles. The van der Waals surface area contributed by atoms with Crippen molar-refractivity contribution >= 4 is 17.6 Å². The van der Waals surface area contributed by atoms with Crippen molar-refractivity contribution in [3.8, 4) is 0 Å². The van der Waals surface area contributed by atoms with Gasteiger partial charge in [0.05, 0.1) is 19.6 Å². The molecule has 2 amide bonds. The lowest BCUT2D eigenvalue weighted by Crippen LogP contribution is -2.52. The molecule has 0 spiro atoms. The minimum absolute atomic E-state index is 0.0660. The van der Waals surface area contributed by atoms with Gasteiger partial charge in [-0.25, -0.2) is 0 Å². The van der Waals surface area contributed by atoms with E-state index in [9.17, 15) is 14.4 Å². The van der Waals surface area contributed by atoms with Crippen LogP contribution in [0.5, 0.6) is 0 Å². The van der Waals surface area contributed by atoms with Crippen molar-refractivity contribution in [2.45, 2.75) is 13.8 Å². The Morgan fingerprint density at radius 3 is 2.32 bits per heavy atom. The number of ketones is 1. The highest BCUT2D eigenvalue weighted by molar-refractivity contribution is 6.02. The molecule has 0 atom stereocenters. The van der Waals surface area contributed by atoms with Crippen molar-refractivity contribution in [3.63, 3.8) is 0 Å². The number of nitrogens with one attached hydrogen (secondary N) is 1. The second-order valence-corrected chi connectivity index (χ2v) is 4.88. The average molecular weight is 263 g/mol. The molecule has 19 heavy (non-hydrogen) atoms. The first-order valence-corrected chi connectivity index (χ1v) is 6.09. The molecule has 6 heteroatoms. The van der Waals surface area contributed by atoms with Gasteiger partial charge in [-0.2, -0.15) is 0 Å². The van der Waals surface area contributed by atoms with Crippen molar-refractivity contribution < 1.29 is 14.4 Å². The van der Waals surface area contributed by atoms with Gasteiger partial charge in [-0.15, -0.1) is 0 Å². The van der Waals surface area contributed by atoms with Gasteiger partial charge in [0.15, 0.2) is 5.78 Å². The molecule has 1 aromatic rings. The van der Waals surface area contributed by atoms with Crippen LogP contribution in [0.1, 0.15) is 21.7 Å². The Labute approximate surface area is 111 Å². The van der Waals surface area contributed by atoms with Crippen molar-refractivity contribution in [2.75, 3.05) is 19.6 Å². The molecule has 1 saturated heterocycles. The second kappa shape index (κ2) is 4.97. The number of aromatic nitrogens is 1. The molecular formula is C13H17N3O3. The van der Waals surface area contributed by atoms with E-state index >= 15 is 0 Å². The van der Waals surface area contributed by atoms with E-state index in [1.54, 1.807) is 4.90 Å². The summed E-state index contributed by atoms with van der Waals surface area (Å²) in [4.78, 5) is 36.3. The summed E-state index contributed by atoms with van der Waals surface area (Å²) in [5, 5.41) is 2.21. The number of nitrogens with zero attached hydrogens (tertiary/aromatic N) is 2. The summed E-state index contributed by atoms with van der Waals surface area (Å²) in [5.74, 6) is -0.779. The Hall–Kier alpha value is -1.95. The molecule has 1 aromatic heterocycles. The third kappa shape index (κ3) is 2.73. The Morgan fingerprint density at radius 2 is 1.84 bits per heavy atom. The van der Waals surface area contributed by atoms with Crippen LogP contribution in [0.15, 0.2) is 6.07 Å². The summed E-state index contributed by atoms with van der Waals surface area (Å²) in [6, 6.07) is 1.84. The number of piperazine rings is 1. The number of rotatable bonds is 3. The van der Waals surface area contributed by atoms with Crippen LogP contribution in [-0.2, 0) is 16.6 Å². The van der Waals surface area contributed by atoms with E-state index in [4.69, 9.17) is 0 Å². The van der Waals surface area contributed by atoms with Crippen LogP contribution in [0.25, 0.3) is 0 Å². The lowest BCUT2D eigenvalue weighted by Gasteiger charge is -2.24. The molecule has 0 unspecified atom stereocenters. The minimum Gasteiger partial charge on any atom is -0.351 e. The summed E-state index contributed by atoms with van der Waals surface area (Å²) >= 11 is 0. The predicted octanol–water partition coefficient (Wildman–Crippen LogP) is -0.217. The van der Waals surface area contributed by atoms with Crippen molar-refractivity contribution in [1.82, 2.24) is 14.8 Å². The standard InChI is InChI=1S/C13H17N3O3/c1-8-4-10(9(2)15(8)3)11(17)5-16-6-12(18)14-13(19)7-16/h4H,5-7H2,1-3H3,(H,14,18,19). The predicted molar refractivity (Wildman–Crippen MR) is 68.8 cm³/mol. The van der Waals surface area contributed by atoms with Gasteiger partial charge < -0.3 is 4.57 Å². The van der Waals surface area contributed by atoms with Crippen LogP contribution in [0.2, 0.25) is 0 Å². The van der Waals surface area contributed by atoms with Gasteiger partial charge in [0.2, 0.25) is 11.8 Å². The molecule has 1 aliphatic heterocycles. The Kier molecular flexibility index (Phi) is 3.53. The smallest absolute Gasteiger partial charge is 0.240 e. The zero-order chi connectivity index (χ0) is 14.2. The number of amides is 2. The van der Waals surface area contributed by atoms with E-state index in [0.717, 1.165) is 11.4 Å². The average Bonchev–Trinajstić information content (AvgIpc) is 2.55. The summed E-state index contributed by atoms with van der Waals surface area (Å²) in [7, 11) is 1.90. The monoisotopic (exact) mass is 263 g/mol. The largest absolute Gasteiger partial charge is 0.351 e. The maximum atomic E-state index is 12.2. The van der Waals surface area contributed by atoms with E-state index in [1.807, 2.05) is 31.5 Å². The van der Waals surface area contributed by atoms with Crippen LogP contribution >= 0.6 is 0 Å². The van der Waals surface area contributed by atoms with E-state index in [-0.39, 0.29) is 37.2 Å². The molecule has 2 heterocycles. The van der Waals surface area contributed by atoms with E-state index in [2.05, 4.69) is 5.32 Å². The number of carbonyl (C=O) groups is 3. The lowest BCUT2D eigenvalue weighted by atomic mass is 10.1. The SMILES string of the molecule is Cc1cc(C(=O)CN2CC(=O)NC(=O)C2)c(C)n1C. The number of hydrogen-bond donors (Lipinski definition) is 1. The molecule has 6 nitrogen and oxygen atoms in total. The van der Waals surface area contributed by atoms with Crippen molar-refractivity contribution in [2.24, 2.45) is 7.05 Å². The highest BCUT2D eigenvalue weighted by Gasteiger charge is 2.25. The molecule has 1 fully saturated rings. The van der Waals surface area contributed by atoms with Crippen molar-refractivity contribution in [3.05, 3.63) is 23.0 Å². The van der Waals surface area contributed by atoms with E-state index < -0.39 is 0 Å². The molecule has 0 aliphatic carbocycles. The van der Waals surface area contributed by atoms with Gasteiger partial charge in [0.25, 0.3) is 0 Å². The fourth-order valence-electron chi connectivity index (χ4n) is 2.23. The number of imide groups is 1. The normalized spacial score (nSPS) is 16.6. The van der Waals surface area contributed by atoms with Gasteiger partial charge in [0, 0.05) is 24.0 Å². The first-order valence-electron chi connectivity index (χ1n) is 6.09. The zero-order valence-electron chi connectivity index (χ0n) is 11.3. The summed E-state index contributed by atoms with van der Waals surface area (Å²) < 4.78 is 1.95. The first kappa shape index (κ1) is 13.5. The zero-order valence-corrected chi connectivity index (χ0v) is 11.3. The molecule has 1 aliphatic rings. The lowest BCUT2D eigenvalue weighted by molar-refractivity contribution is -0.135. The maximum absolute atomic E-state index is 12.2. The molecular weight excluding hydrogens is 246 g/mol. The topological polar surface area (TPSA) is 71.4 Å². The Bertz CT molecular complexity index is 544. The van der Waals surface area contributed by atoms with Crippen LogP contribution in [0.3, 0.4) is 0 Å². The van der Waals surface area contributed by atoms with Gasteiger partial charge >= 0.3 is 0 Å². The van der Waals surface area contributed by atoms with Crippen LogP contribution in [0, 0.1) is 13.8 Å². The quantitative estimate of drug-likeness (QED) is 0.604. The molecule has 102 valence electrons. The Balaban J connectivity index is 2.10. The van der Waals surface area contributed by atoms with E-state index in [1.165, 1.54) is 0 Å². The van der Waals surface area contributed by atoms with Gasteiger partial charge in [-0.3, -0.25) is 24.6 Å². The van der Waals surface area contributed by atoms with Crippen molar-refractivity contribution in [1.29, 1.82) is 0 Å². The molecule has 2 rings (SSSR count). The highest BCUT2D eigenvalue weighted by atomic mass is 16.2. The fourth-order valence-corrected chi connectivity index (χ4v) is 2.23. The second-order valence-electron chi connectivity index (χ2n) is 4.88. The van der Waals surface area contributed by atoms with Crippen LogP contribution < -0.4 is 5.32 Å². The minimum atomic E-state index is -0.356. The fraction of sp³-hybridized carbons (Fsp3) is 0.462. The Morgan fingerprint density at radius 1 is 1.26 bits per heavy atom. The summed E-state index contributed by atoms with van der Waals surface area (Å²) in [6.07, 6.45) is 0. The van der Waals surface area contributed by atoms with Gasteiger partial charge in [-0.05, 0) is 19.9 Å². The summed E-state index contributed by atoms with van der Waals surface area (Å²) in [5.41, 5.74) is 2.56. The maximum Gasteiger partial charge on any atom is 0.240 e. The van der Waals surface area contributed by atoms with Crippen LogP contribution in [-0.4, -0.2) is 46.7 Å². The number of hydrogen-bond acceptors (Lipinski definition) is 4. The summed E-state index contributed by atoms with van der Waals surface area (Å²) in [6.45, 7) is 4.07. The van der Waals surface area contributed by atoms with E-state index in [0.29, 0.717) is 5.56 Å². The molecule has 0 bridgehead atoms. The highest BCUT2D eigenvalue weighted by Crippen LogP contribution is 2.14. The van der Waals surface area contributed by atoms with Gasteiger partial charge in [0.1, 0.15) is 0 Å². The third-order valence-electron chi connectivity index (χ3n) is 3.46. The third-order valence-corrected chi connectivity index (χ3v) is 3.46. The van der Waals surface area contributed by atoms with Gasteiger partial charge in [-0.1, -0.05) is 0 Å².